The molecule has 0 unspecified atom stereocenters. The Morgan fingerprint density at radius 3 is 2.90 bits per heavy atom. The third kappa shape index (κ3) is 1.95. The Labute approximate surface area is 117 Å². The van der Waals surface area contributed by atoms with Crippen LogP contribution >= 0.6 is 0 Å². The number of amides is 1. The van der Waals surface area contributed by atoms with E-state index in [2.05, 4.69) is 10.2 Å². The lowest BCUT2D eigenvalue weighted by molar-refractivity contribution is 0.0984. The van der Waals surface area contributed by atoms with Crippen molar-refractivity contribution in [2.24, 2.45) is 0 Å². The summed E-state index contributed by atoms with van der Waals surface area (Å²) in [6.45, 7) is 4.46. The summed E-state index contributed by atoms with van der Waals surface area (Å²) < 4.78 is 0. The second-order valence-corrected chi connectivity index (χ2v) is 5.26. The van der Waals surface area contributed by atoms with E-state index in [1.807, 2.05) is 36.9 Å². The number of nitrogens with two attached hydrogens (primary N) is 1. The van der Waals surface area contributed by atoms with E-state index in [9.17, 15) is 4.79 Å². The molecule has 2 aromatic rings. The number of aryl methyl sites for hydroxylation is 3. The molecule has 1 aromatic heterocycles. The van der Waals surface area contributed by atoms with Crippen molar-refractivity contribution in [2.45, 2.75) is 26.7 Å². The Bertz CT molecular complexity index is 655. The lowest BCUT2D eigenvalue weighted by Gasteiger charge is -2.29. The second-order valence-electron chi connectivity index (χ2n) is 5.26. The van der Waals surface area contributed by atoms with E-state index in [4.69, 9.17) is 5.73 Å². The van der Waals surface area contributed by atoms with Crippen LogP contribution in [0, 0.1) is 13.8 Å². The first-order valence-electron chi connectivity index (χ1n) is 6.80. The number of aromatic amines is 1. The number of nitrogen functional groups attached to an aromatic ring is 1. The van der Waals surface area contributed by atoms with E-state index < -0.39 is 0 Å². The summed E-state index contributed by atoms with van der Waals surface area (Å²) >= 11 is 0. The molecule has 0 fully saturated rings. The minimum absolute atomic E-state index is 0.0134. The largest absolute Gasteiger partial charge is 0.399 e. The van der Waals surface area contributed by atoms with E-state index >= 15 is 0 Å². The summed E-state index contributed by atoms with van der Waals surface area (Å²) in [6.07, 6.45) is 1.92. The number of hydrogen-bond acceptors (Lipinski definition) is 3. The number of anilines is 2. The molecule has 20 heavy (non-hydrogen) atoms. The fourth-order valence-corrected chi connectivity index (χ4v) is 2.83. The highest BCUT2D eigenvalue weighted by Crippen LogP contribution is 2.30. The molecular weight excluding hydrogens is 252 g/mol. The molecule has 0 aliphatic carbocycles. The van der Waals surface area contributed by atoms with Gasteiger partial charge in [0.15, 0.2) is 0 Å². The molecule has 0 radical (unpaired) electrons. The van der Waals surface area contributed by atoms with Crippen LogP contribution in [0.2, 0.25) is 0 Å². The summed E-state index contributed by atoms with van der Waals surface area (Å²) in [5.74, 6) is 0.0134. The van der Waals surface area contributed by atoms with Gasteiger partial charge in [0.2, 0.25) is 0 Å². The molecule has 104 valence electrons. The average molecular weight is 270 g/mol. The van der Waals surface area contributed by atoms with Crippen LogP contribution in [0.5, 0.6) is 0 Å². The summed E-state index contributed by atoms with van der Waals surface area (Å²) in [7, 11) is 0. The second kappa shape index (κ2) is 4.67. The lowest BCUT2D eigenvalue weighted by atomic mass is 10.00. The van der Waals surface area contributed by atoms with Gasteiger partial charge in [-0.2, -0.15) is 5.10 Å². The molecular formula is C15H18N4O. The molecule has 1 amide bonds. The van der Waals surface area contributed by atoms with Gasteiger partial charge >= 0.3 is 0 Å². The number of H-pyrrole nitrogens is 1. The van der Waals surface area contributed by atoms with Gasteiger partial charge in [0.05, 0.1) is 11.3 Å². The monoisotopic (exact) mass is 270 g/mol. The van der Waals surface area contributed by atoms with Crippen LogP contribution in [-0.2, 0) is 6.42 Å². The van der Waals surface area contributed by atoms with E-state index in [-0.39, 0.29) is 5.91 Å². The number of aromatic nitrogens is 2. The SMILES string of the molecule is Cc1n[nH]c(C)c1C(=O)N1CCCc2cc(N)ccc21. The van der Waals surface area contributed by atoms with Gasteiger partial charge in [0.25, 0.3) is 5.91 Å². The first kappa shape index (κ1) is 12.7. The van der Waals surface area contributed by atoms with Gasteiger partial charge in [-0.25, -0.2) is 0 Å². The van der Waals surface area contributed by atoms with Crippen LogP contribution in [0.15, 0.2) is 18.2 Å². The summed E-state index contributed by atoms with van der Waals surface area (Å²) in [5, 5.41) is 6.98. The van der Waals surface area contributed by atoms with Crippen molar-refractivity contribution in [1.82, 2.24) is 10.2 Å². The van der Waals surface area contributed by atoms with Crippen molar-refractivity contribution in [3.63, 3.8) is 0 Å². The Kier molecular flexibility index (Phi) is 2.97. The molecule has 1 aromatic carbocycles. The normalized spacial score (nSPS) is 14.2. The third-order valence-electron chi connectivity index (χ3n) is 3.81. The van der Waals surface area contributed by atoms with Crippen LogP contribution < -0.4 is 10.6 Å². The highest BCUT2D eigenvalue weighted by Gasteiger charge is 2.26. The number of nitrogens with one attached hydrogen (secondary N) is 1. The molecule has 2 heterocycles. The number of nitrogens with zero attached hydrogens (tertiary/aromatic N) is 2. The Morgan fingerprint density at radius 1 is 1.40 bits per heavy atom. The summed E-state index contributed by atoms with van der Waals surface area (Å²) in [6, 6.07) is 5.75. The topological polar surface area (TPSA) is 75.0 Å². The molecule has 1 aliphatic heterocycles. The fraction of sp³-hybridized carbons (Fsp3) is 0.333. The van der Waals surface area contributed by atoms with Crippen molar-refractivity contribution in [3.8, 4) is 0 Å². The van der Waals surface area contributed by atoms with Crippen LogP contribution in [0.1, 0.15) is 33.7 Å². The molecule has 0 atom stereocenters. The Balaban J connectivity index is 2.03. The highest BCUT2D eigenvalue weighted by molar-refractivity contribution is 6.08. The standard InChI is InChI=1S/C15H18N4O/c1-9-14(10(2)18-17-9)15(20)19-7-3-4-11-8-12(16)5-6-13(11)19/h5-6,8H,3-4,7,16H2,1-2H3,(H,17,18). The van der Waals surface area contributed by atoms with Crippen molar-refractivity contribution >= 4 is 17.3 Å². The van der Waals surface area contributed by atoms with Gasteiger partial charge in [0.1, 0.15) is 0 Å². The molecule has 5 heteroatoms. The molecule has 1 aliphatic rings. The maximum atomic E-state index is 12.8. The van der Waals surface area contributed by atoms with Crippen LogP contribution in [-0.4, -0.2) is 22.6 Å². The van der Waals surface area contributed by atoms with Crippen molar-refractivity contribution in [2.75, 3.05) is 17.2 Å². The zero-order chi connectivity index (χ0) is 14.3. The van der Waals surface area contributed by atoms with Crippen molar-refractivity contribution in [3.05, 3.63) is 40.7 Å². The quantitative estimate of drug-likeness (QED) is 0.780. The maximum absolute atomic E-state index is 12.8. The van der Waals surface area contributed by atoms with Crippen LogP contribution in [0.25, 0.3) is 0 Å². The number of carbonyl (C=O) groups is 1. The van der Waals surface area contributed by atoms with Gasteiger partial charge in [-0.3, -0.25) is 9.89 Å². The molecule has 3 N–H and O–H groups in total. The van der Waals surface area contributed by atoms with E-state index in [0.29, 0.717) is 5.56 Å². The van der Waals surface area contributed by atoms with E-state index in [0.717, 1.165) is 47.7 Å². The van der Waals surface area contributed by atoms with Gasteiger partial charge < -0.3 is 10.6 Å². The van der Waals surface area contributed by atoms with E-state index in [1.54, 1.807) is 0 Å². The number of fused-ring (bicyclic) bond motifs is 1. The lowest BCUT2D eigenvalue weighted by Crippen LogP contribution is -2.36. The predicted molar refractivity (Wildman–Crippen MR) is 78.9 cm³/mol. The van der Waals surface area contributed by atoms with Crippen molar-refractivity contribution < 1.29 is 4.79 Å². The first-order chi connectivity index (χ1) is 9.58. The molecule has 0 bridgehead atoms. The molecule has 0 saturated carbocycles. The van der Waals surface area contributed by atoms with Gasteiger partial charge in [-0.05, 0) is 50.5 Å². The van der Waals surface area contributed by atoms with Gasteiger partial charge in [0, 0.05) is 23.6 Å². The number of rotatable bonds is 1. The zero-order valence-electron chi connectivity index (χ0n) is 11.7. The Hall–Kier alpha value is -2.30. The minimum atomic E-state index is 0.0134. The maximum Gasteiger partial charge on any atom is 0.262 e. The molecule has 5 nitrogen and oxygen atoms in total. The Morgan fingerprint density at radius 2 is 2.20 bits per heavy atom. The zero-order valence-corrected chi connectivity index (χ0v) is 11.7. The predicted octanol–water partition coefficient (Wildman–Crippen LogP) is 2.20. The third-order valence-corrected chi connectivity index (χ3v) is 3.81. The van der Waals surface area contributed by atoms with Crippen LogP contribution in [0.4, 0.5) is 11.4 Å². The summed E-state index contributed by atoms with van der Waals surface area (Å²) in [4.78, 5) is 14.6. The van der Waals surface area contributed by atoms with Gasteiger partial charge in [-0.15, -0.1) is 0 Å². The smallest absolute Gasteiger partial charge is 0.262 e. The van der Waals surface area contributed by atoms with E-state index in [1.165, 1.54) is 0 Å². The average Bonchev–Trinajstić information content (AvgIpc) is 2.76. The molecule has 0 spiro atoms. The van der Waals surface area contributed by atoms with Gasteiger partial charge in [-0.1, -0.05) is 0 Å². The highest BCUT2D eigenvalue weighted by atomic mass is 16.2. The van der Waals surface area contributed by atoms with Crippen LogP contribution in [0.3, 0.4) is 0 Å². The minimum Gasteiger partial charge on any atom is -0.399 e. The number of hydrogen-bond donors (Lipinski definition) is 2. The first-order valence-corrected chi connectivity index (χ1v) is 6.80. The number of benzene rings is 1. The fourth-order valence-electron chi connectivity index (χ4n) is 2.83. The van der Waals surface area contributed by atoms with Crippen molar-refractivity contribution in [1.29, 1.82) is 0 Å². The number of carbonyl (C=O) groups excluding carboxylic acids is 1. The summed E-state index contributed by atoms with van der Waals surface area (Å²) in [5.41, 5.74) is 10.9. The molecule has 3 rings (SSSR count). The molecule has 0 saturated heterocycles.